The predicted molar refractivity (Wildman–Crippen MR) is 56.1 cm³/mol. The quantitative estimate of drug-likeness (QED) is 0.843. The van der Waals surface area contributed by atoms with Gasteiger partial charge >= 0.3 is 0 Å². The van der Waals surface area contributed by atoms with E-state index in [0.717, 1.165) is 30.4 Å². The van der Waals surface area contributed by atoms with Gasteiger partial charge in [-0.2, -0.15) is 5.10 Å². The van der Waals surface area contributed by atoms with Crippen LogP contribution >= 0.6 is 27.5 Å². The summed E-state index contributed by atoms with van der Waals surface area (Å²) in [6, 6.07) is 0.458. The van der Waals surface area contributed by atoms with E-state index >= 15 is 0 Å². The summed E-state index contributed by atoms with van der Waals surface area (Å²) in [5.74, 6) is 0. The number of rotatable bonds is 1. The average Bonchev–Trinajstić information content (AvgIpc) is 2.49. The molecule has 2 heterocycles. The largest absolute Gasteiger partial charge is 0.317 e. The van der Waals surface area contributed by atoms with Gasteiger partial charge in [0.05, 0.1) is 16.7 Å². The van der Waals surface area contributed by atoms with Gasteiger partial charge in [-0.1, -0.05) is 11.6 Å². The fraction of sp³-hybridized carbons (Fsp3) is 0.625. The lowest BCUT2D eigenvalue weighted by Gasteiger charge is -2.23. The molecular formula is C8H11BrClN3. The Balaban J connectivity index is 2.18. The van der Waals surface area contributed by atoms with Gasteiger partial charge in [-0.3, -0.25) is 0 Å². The second kappa shape index (κ2) is 3.98. The van der Waals surface area contributed by atoms with Crippen LogP contribution in [0.1, 0.15) is 18.9 Å². The van der Waals surface area contributed by atoms with Crippen LogP contribution in [-0.2, 0) is 0 Å². The zero-order chi connectivity index (χ0) is 9.26. The molecule has 1 N–H and O–H groups in total. The van der Waals surface area contributed by atoms with Crippen molar-refractivity contribution in [2.45, 2.75) is 18.9 Å². The Bertz CT molecular complexity index is 294. The summed E-state index contributed by atoms with van der Waals surface area (Å²) in [4.78, 5) is 0. The molecule has 0 aromatic carbocycles. The lowest BCUT2D eigenvalue weighted by molar-refractivity contribution is 0.343. The molecule has 0 spiro atoms. The van der Waals surface area contributed by atoms with E-state index in [1.807, 2.05) is 4.68 Å². The highest BCUT2D eigenvalue weighted by Crippen LogP contribution is 2.28. The van der Waals surface area contributed by atoms with Crippen molar-refractivity contribution in [2.24, 2.45) is 0 Å². The average molecular weight is 265 g/mol. The van der Waals surface area contributed by atoms with Gasteiger partial charge in [0.25, 0.3) is 0 Å². The van der Waals surface area contributed by atoms with Crippen molar-refractivity contribution in [3.63, 3.8) is 0 Å². The summed E-state index contributed by atoms with van der Waals surface area (Å²) < 4.78 is 2.79. The minimum atomic E-state index is 0.458. The second-order valence-corrected chi connectivity index (χ2v) is 4.42. The number of nitrogens with one attached hydrogen (secondary N) is 1. The van der Waals surface area contributed by atoms with E-state index in [1.165, 1.54) is 0 Å². The normalized spacial score (nSPS) is 19.2. The fourth-order valence-corrected chi connectivity index (χ4v) is 2.14. The SMILES string of the molecule is Clc1c(Br)cnn1C1CCNCC1. The molecule has 1 aromatic heterocycles. The van der Waals surface area contributed by atoms with Crippen LogP contribution in [0.4, 0.5) is 0 Å². The molecule has 0 bridgehead atoms. The molecule has 5 heteroatoms. The Morgan fingerprint density at radius 1 is 1.54 bits per heavy atom. The number of piperidine rings is 1. The molecule has 1 aliphatic heterocycles. The summed E-state index contributed by atoms with van der Waals surface area (Å²) in [5.41, 5.74) is 0. The molecule has 0 radical (unpaired) electrons. The maximum atomic E-state index is 6.08. The summed E-state index contributed by atoms with van der Waals surface area (Å²) >= 11 is 9.43. The van der Waals surface area contributed by atoms with Gasteiger partial charge in [0.1, 0.15) is 5.15 Å². The van der Waals surface area contributed by atoms with Crippen LogP contribution in [0.15, 0.2) is 10.7 Å². The molecule has 1 saturated heterocycles. The smallest absolute Gasteiger partial charge is 0.141 e. The first-order chi connectivity index (χ1) is 6.29. The van der Waals surface area contributed by atoms with Gasteiger partial charge in [0.15, 0.2) is 0 Å². The predicted octanol–water partition coefficient (Wildman–Crippen LogP) is 2.22. The molecule has 72 valence electrons. The van der Waals surface area contributed by atoms with Crippen LogP contribution in [0.5, 0.6) is 0 Å². The Morgan fingerprint density at radius 2 is 2.23 bits per heavy atom. The molecule has 13 heavy (non-hydrogen) atoms. The van der Waals surface area contributed by atoms with Crippen molar-refractivity contribution in [3.05, 3.63) is 15.8 Å². The third-order valence-electron chi connectivity index (χ3n) is 2.35. The van der Waals surface area contributed by atoms with Crippen molar-refractivity contribution in [1.82, 2.24) is 15.1 Å². The highest BCUT2D eigenvalue weighted by molar-refractivity contribution is 9.10. The standard InChI is InChI=1S/C8H11BrClN3/c9-7-5-12-13(8(7)10)6-1-3-11-4-2-6/h5-6,11H,1-4H2. The number of hydrogen-bond acceptors (Lipinski definition) is 2. The molecule has 0 atom stereocenters. The number of aromatic nitrogens is 2. The van der Waals surface area contributed by atoms with Crippen LogP contribution < -0.4 is 5.32 Å². The van der Waals surface area contributed by atoms with Crippen LogP contribution in [0.3, 0.4) is 0 Å². The van der Waals surface area contributed by atoms with Crippen LogP contribution in [0.2, 0.25) is 5.15 Å². The van der Waals surface area contributed by atoms with Crippen molar-refractivity contribution in [1.29, 1.82) is 0 Å². The van der Waals surface area contributed by atoms with E-state index in [9.17, 15) is 0 Å². The molecule has 0 saturated carbocycles. The van der Waals surface area contributed by atoms with E-state index in [0.29, 0.717) is 11.2 Å². The topological polar surface area (TPSA) is 29.9 Å². The van der Waals surface area contributed by atoms with E-state index in [4.69, 9.17) is 11.6 Å². The van der Waals surface area contributed by atoms with E-state index in [-0.39, 0.29) is 0 Å². The summed E-state index contributed by atoms with van der Waals surface area (Å²) in [7, 11) is 0. The Kier molecular flexibility index (Phi) is 2.91. The fourth-order valence-electron chi connectivity index (χ4n) is 1.63. The first-order valence-electron chi connectivity index (χ1n) is 4.38. The minimum absolute atomic E-state index is 0.458. The maximum absolute atomic E-state index is 6.08. The molecule has 2 rings (SSSR count). The zero-order valence-electron chi connectivity index (χ0n) is 7.13. The molecule has 0 unspecified atom stereocenters. The Hall–Kier alpha value is -0.0600. The van der Waals surface area contributed by atoms with Gasteiger partial charge in [-0.05, 0) is 41.9 Å². The number of halogens is 2. The monoisotopic (exact) mass is 263 g/mol. The second-order valence-electron chi connectivity index (χ2n) is 3.21. The van der Waals surface area contributed by atoms with Crippen molar-refractivity contribution in [2.75, 3.05) is 13.1 Å². The lowest BCUT2D eigenvalue weighted by Crippen LogP contribution is -2.29. The molecular weight excluding hydrogens is 253 g/mol. The van der Waals surface area contributed by atoms with Gasteiger partial charge in [-0.15, -0.1) is 0 Å². The molecule has 0 aliphatic carbocycles. The number of nitrogens with zero attached hydrogens (tertiary/aromatic N) is 2. The molecule has 1 aromatic rings. The van der Waals surface area contributed by atoms with Crippen molar-refractivity contribution in [3.8, 4) is 0 Å². The van der Waals surface area contributed by atoms with E-state index in [1.54, 1.807) is 6.20 Å². The van der Waals surface area contributed by atoms with Crippen molar-refractivity contribution >= 4 is 27.5 Å². The highest BCUT2D eigenvalue weighted by atomic mass is 79.9. The van der Waals surface area contributed by atoms with Gasteiger partial charge < -0.3 is 5.32 Å². The summed E-state index contributed by atoms with van der Waals surface area (Å²) in [6.45, 7) is 2.11. The van der Waals surface area contributed by atoms with Gasteiger partial charge in [0, 0.05) is 0 Å². The van der Waals surface area contributed by atoms with Crippen LogP contribution in [-0.4, -0.2) is 22.9 Å². The lowest BCUT2D eigenvalue weighted by atomic mass is 10.1. The summed E-state index contributed by atoms with van der Waals surface area (Å²) in [6.07, 6.45) is 3.96. The van der Waals surface area contributed by atoms with E-state index < -0.39 is 0 Å². The first-order valence-corrected chi connectivity index (χ1v) is 5.55. The first kappa shape index (κ1) is 9.49. The van der Waals surface area contributed by atoms with E-state index in [2.05, 4.69) is 26.3 Å². The van der Waals surface area contributed by atoms with Crippen LogP contribution in [0.25, 0.3) is 0 Å². The van der Waals surface area contributed by atoms with Gasteiger partial charge in [-0.25, -0.2) is 4.68 Å². The van der Waals surface area contributed by atoms with Crippen LogP contribution in [0, 0.1) is 0 Å². The molecule has 0 amide bonds. The Morgan fingerprint density at radius 3 is 2.77 bits per heavy atom. The summed E-state index contributed by atoms with van der Waals surface area (Å²) in [5, 5.41) is 8.28. The third-order valence-corrected chi connectivity index (χ3v) is 3.53. The highest BCUT2D eigenvalue weighted by Gasteiger charge is 2.18. The van der Waals surface area contributed by atoms with Gasteiger partial charge in [0.2, 0.25) is 0 Å². The molecule has 1 aliphatic rings. The zero-order valence-corrected chi connectivity index (χ0v) is 9.48. The maximum Gasteiger partial charge on any atom is 0.141 e. The molecule has 1 fully saturated rings. The molecule has 3 nitrogen and oxygen atoms in total. The number of hydrogen-bond donors (Lipinski definition) is 1. The Labute approximate surface area is 90.6 Å². The minimum Gasteiger partial charge on any atom is -0.317 e. The third kappa shape index (κ3) is 1.90. The van der Waals surface area contributed by atoms with Crippen molar-refractivity contribution < 1.29 is 0 Å².